The summed E-state index contributed by atoms with van der Waals surface area (Å²) < 4.78 is 16.2. The van der Waals surface area contributed by atoms with E-state index in [1.807, 2.05) is 24.3 Å². The Hall–Kier alpha value is -5.12. The maximum atomic E-state index is 14.4. The highest BCUT2D eigenvalue weighted by atomic mass is 19.1. The first-order valence-electron chi connectivity index (χ1n) is 10.8. The number of benzene rings is 3. The van der Waals surface area contributed by atoms with E-state index in [4.69, 9.17) is 0 Å². The molecule has 1 aliphatic heterocycles. The number of hydrogen-bond acceptors (Lipinski definition) is 5. The average molecular weight is 484 g/mol. The molecule has 9 nitrogen and oxygen atoms in total. The zero-order valence-electron chi connectivity index (χ0n) is 18.6. The van der Waals surface area contributed by atoms with Gasteiger partial charge in [-0.15, -0.1) is 0 Å². The second kappa shape index (κ2) is 8.91. The number of hydrogen-bond donors (Lipinski definition) is 1. The van der Waals surface area contributed by atoms with Crippen molar-refractivity contribution in [3.8, 4) is 0 Å². The number of halogens is 1. The van der Waals surface area contributed by atoms with Crippen LogP contribution in [0.25, 0.3) is 17.0 Å². The quantitative estimate of drug-likeness (QED) is 0.195. The Bertz CT molecular complexity index is 1590. The van der Waals surface area contributed by atoms with Gasteiger partial charge in [-0.05, 0) is 36.4 Å². The molecular formula is C26H17FN4O5. The highest BCUT2D eigenvalue weighted by molar-refractivity contribution is 6.39. The molecular weight excluding hydrogens is 467 g/mol. The van der Waals surface area contributed by atoms with Gasteiger partial charge in [0.1, 0.15) is 11.4 Å². The minimum Gasteiger partial charge on any atom is -0.336 e. The number of urea groups is 1. The third kappa shape index (κ3) is 4.00. The van der Waals surface area contributed by atoms with Gasteiger partial charge in [-0.3, -0.25) is 25.0 Å². The molecule has 10 heteroatoms. The molecule has 0 atom stereocenters. The smallest absolute Gasteiger partial charge is 0.335 e. The molecule has 2 heterocycles. The first-order valence-corrected chi connectivity index (χ1v) is 10.8. The summed E-state index contributed by atoms with van der Waals surface area (Å²) in [6, 6.07) is 19.3. The molecule has 1 aromatic heterocycles. The minimum atomic E-state index is -0.970. The lowest BCUT2D eigenvalue weighted by Gasteiger charge is -2.26. The predicted molar refractivity (Wildman–Crippen MR) is 130 cm³/mol. The van der Waals surface area contributed by atoms with Gasteiger partial charge in [0, 0.05) is 34.3 Å². The third-order valence-electron chi connectivity index (χ3n) is 5.84. The van der Waals surface area contributed by atoms with Crippen LogP contribution < -0.4 is 10.2 Å². The van der Waals surface area contributed by atoms with Crippen LogP contribution in [0.2, 0.25) is 0 Å². The number of carbonyl (C=O) groups excluding carboxylic acids is 3. The van der Waals surface area contributed by atoms with Crippen LogP contribution in [0.5, 0.6) is 0 Å². The lowest BCUT2D eigenvalue weighted by molar-refractivity contribution is -0.384. The normalized spacial score (nSPS) is 15.0. The number of nitrogens with zero attached hydrogens (tertiary/aromatic N) is 3. The lowest BCUT2D eigenvalue weighted by Crippen LogP contribution is -2.54. The van der Waals surface area contributed by atoms with Gasteiger partial charge in [0.05, 0.1) is 17.2 Å². The summed E-state index contributed by atoms with van der Waals surface area (Å²) in [5.41, 5.74) is 1.17. The van der Waals surface area contributed by atoms with Crippen LogP contribution >= 0.6 is 0 Å². The average Bonchev–Trinajstić information content (AvgIpc) is 3.20. The maximum Gasteiger partial charge on any atom is 0.335 e. The van der Waals surface area contributed by atoms with Crippen LogP contribution in [0, 0.1) is 15.9 Å². The van der Waals surface area contributed by atoms with Crippen LogP contribution in [0.15, 0.2) is 84.4 Å². The number of anilines is 1. The van der Waals surface area contributed by atoms with Crippen LogP contribution in [-0.2, 0) is 16.1 Å². The Kier molecular flexibility index (Phi) is 5.61. The molecule has 0 bridgehead atoms. The summed E-state index contributed by atoms with van der Waals surface area (Å²) in [6.07, 6.45) is 1.35. The highest BCUT2D eigenvalue weighted by Crippen LogP contribution is 2.27. The summed E-state index contributed by atoms with van der Waals surface area (Å²) in [6.45, 7) is 0.139. The zero-order chi connectivity index (χ0) is 25.4. The number of para-hydroxylation sites is 1. The summed E-state index contributed by atoms with van der Waals surface area (Å²) >= 11 is 0. The van der Waals surface area contributed by atoms with Crippen molar-refractivity contribution < 1.29 is 23.7 Å². The second-order valence-corrected chi connectivity index (χ2v) is 8.04. The van der Waals surface area contributed by atoms with Crippen LogP contribution in [0.4, 0.5) is 20.6 Å². The summed E-state index contributed by atoms with van der Waals surface area (Å²) in [5.74, 6) is -2.17. The number of amides is 4. The number of nitro benzene ring substituents is 1. The molecule has 0 spiro atoms. The number of nitrogens with one attached hydrogen (secondary N) is 1. The third-order valence-corrected chi connectivity index (χ3v) is 5.84. The van der Waals surface area contributed by atoms with Gasteiger partial charge in [-0.1, -0.05) is 36.4 Å². The zero-order valence-corrected chi connectivity index (χ0v) is 18.6. The molecule has 1 N–H and O–H groups in total. The van der Waals surface area contributed by atoms with Gasteiger partial charge >= 0.3 is 6.03 Å². The first kappa shape index (κ1) is 22.7. The van der Waals surface area contributed by atoms with Crippen molar-refractivity contribution in [1.29, 1.82) is 0 Å². The van der Waals surface area contributed by atoms with Gasteiger partial charge in [-0.25, -0.2) is 14.1 Å². The van der Waals surface area contributed by atoms with E-state index in [2.05, 4.69) is 5.32 Å². The molecule has 1 saturated heterocycles. The number of imide groups is 2. The van der Waals surface area contributed by atoms with Gasteiger partial charge in [0.25, 0.3) is 17.5 Å². The van der Waals surface area contributed by atoms with Crippen molar-refractivity contribution in [3.05, 3.63) is 112 Å². The van der Waals surface area contributed by atoms with Crippen LogP contribution in [0.3, 0.4) is 0 Å². The Morgan fingerprint density at radius 1 is 0.944 bits per heavy atom. The van der Waals surface area contributed by atoms with E-state index < -0.39 is 28.6 Å². The summed E-state index contributed by atoms with van der Waals surface area (Å²) in [7, 11) is 0. The molecule has 178 valence electrons. The van der Waals surface area contributed by atoms with E-state index in [0.29, 0.717) is 11.3 Å². The summed E-state index contributed by atoms with van der Waals surface area (Å²) in [5, 5.41) is 13.9. The molecule has 1 aliphatic rings. The molecule has 0 unspecified atom stereocenters. The first-order chi connectivity index (χ1) is 17.3. The number of carbonyl (C=O) groups is 3. The largest absolute Gasteiger partial charge is 0.336 e. The van der Waals surface area contributed by atoms with Gasteiger partial charge in [0.2, 0.25) is 0 Å². The standard InChI is InChI=1S/C26H17FN4O5/c27-22-7-3-1-6-17(22)15-29-20(13-16-5-2-4-8-23(16)29)14-21-24(32)28-26(34)30(25(21)33)18-9-11-19(12-10-18)31(35)36/h1-14H,15H2,(H,28,32,34)/b21-14+. The fraction of sp³-hybridized carbons (Fsp3) is 0.0385. The molecule has 36 heavy (non-hydrogen) atoms. The van der Waals surface area contributed by atoms with E-state index in [1.54, 1.807) is 28.8 Å². The number of non-ortho nitro benzene ring substituents is 1. The predicted octanol–water partition coefficient (Wildman–Crippen LogP) is 4.40. The van der Waals surface area contributed by atoms with E-state index >= 15 is 0 Å². The molecule has 1 fully saturated rings. The molecule has 0 saturated carbocycles. The number of rotatable bonds is 5. The Morgan fingerprint density at radius 2 is 1.64 bits per heavy atom. The molecule has 0 radical (unpaired) electrons. The SMILES string of the molecule is O=C1NC(=O)N(c2ccc([N+](=O)[O-])cc2)C(=O)/C1=C/c1cc2ccccc2n1Cc1ccccc1F. The molecule has 4 aromatic rings. The number of nitro groups is 1. The van der Waals surface area contributed by atoms with E-state index in [-0.39, 0.29) is 23.5 Å². The van der Waals surface area contributed by atoms with Crippen molar-refractivity contribution in [2.45, 2.75) is 6.54 Å². The Balaban J connectivity index is 1.58. The topological polar surface area (TPSA) is 115 Å². The minimum absolute atomic E-state index is 0.0633. The molecule has 4 amide bonds. The monoisotopic (exact) mass is 484 g/mol. The highest BCUT2D eigenvalue weighted by Gasteiger charge is 2.37. The fourth-order valence-electron chi connectivity index (χ4n) is 4.09. The second-order valence-electron chi connectivity index (χ2n) is 8.04. The van der Waals surface area contributed by atoms with Crippen LogP contribution in [0.1, 0.15) is 11.3 Å². The Labute approximate surface area is 203 Å². The van der Waals surface area contributed by atoms with E-state index in [0.717, 1.165) is 27.9 Å². The molecule has 5 rings (SSSR count). The van der Waals surface area contributed by atoms with Crippen molar-refractivity contribution >= 4 is 46.2 Å². The lowest BCUT2D eigenvalue weighted by atomic mass is 10.1. The van der Waals surface area contributed by atoms with Crippen molar-refractivity contribution in [1.82, 2.24) is 9.88 Å². The molecule has 3 aromatic carbocycles. The van der Waals surface area contributed by atoms with Gasteiger partial charge < -0.3 is 4.57 Å². The van der Waals surface area contributed by atoms with Crippen molar-refractivity contribution in [2.75, 3.05) is 4.90 Å². The summed E-state index contributed by atoms with van der Waals surface area (Å²) in [4.78, 5) is 49.5. The fourth-order valence-corrected chi connectivity index (χ4v) is 4.09. The van der Waals surface area contributed by atoms with E-state index in [1.165, 1.54) is 24.3 Å². The molecule has 0 aliphatic carbocycles. The van der Waals surface area contributed by atoms with Gasteiger partial charge in [-0.2, -0.15) is 0 Å². The van der Waals surface area contributed by atoms with E-state index in [9.17, 15) is 28.9 Å². The van der Waals surface area contributed by atoms with Crippen molar-refractivity contribution in [2.24, 2.45) is 0 Å². The van der Waals surface area contributed by atoms with Crippen molar-refractivity contribution in [3.63, 3.8) is 0 Å². The maximum absolute atomic E-state index is 14.4. The number of aromatic nitrogens is 1. The van der Waals surface area contributed by atoms with Gasteiger partial charge in [0.15, 0.2) is 0 Å². The number of barbiturate groups is 1. The Morgan fingerprint density at radius 3 is 2.36 bits per heavy atom. The number of fused-ring (bicyclic) bond motifs is 1. The van der Waals surface area contributed by atoms with Crippen LogP contribution in [-0.4, -0.2) is 27.3 Å².